The molecule has 0 amide bonds. The normalized spacial score (nSPS) is 9.86. The largest absolute Gasteiger partial charge is 1.00 e. The smallest absolute Gasteiger partial charge is 0.244 e. The molecule has 0 aliphatic rings. The van der Waals surface area contributed by atoms with Gasteiger partial charge in [0.05, 0.1) is 14.1 Å². The average molecular weight is 411 g/mol. The van der Waals surface area contributed by atoms with E-state index in [-0.39, 0.29) is 12.4 Å². The van der Waals surface area contributed by atoms with Crippen LogP contribution in [0.3, 0.4) is 0 Å². The van der Waals surface area contributed by atoms with Crippen molar-refractivity contribution in [3.8, 4) is 0 Å². The molecule has 0 heterocycles. The van der Waals surface area contributed by atoms with Gasteiger partial charge in [0.15, 0.2) is 0 Å². The van der Waals surface area contributed by atoms with Crippen molar-refractivity contribution in [1.82, 2.24) is 0 Å². The Morgan fingerprint density at radius 1 is 0.786 bits per heavy atom. The molecule has 28 heavy (non-hydrogen) atoms. The van der Waals surface area contributed by atoms with Crippen molar-refractivity contribution >= 4 is 29.2 Å². The van der Waals surface area contributed by atoms with Gasteiger partial charge in [-0.1, -0.05) is 78.4 Å². The van der Waals surface area contributed by atoms with Gasteiger partial charge in [0, 0.05) is 5.57 Å². The monoisotopic (exact) mass is 410 g/mol. The maximum Gasteiger partial charge on any atom is 0.244 e. The number of anilines is 1. The molecule has 0 fully saturated rings. The molecule has 144 valence electrons. The lowest BCUT2D eigenvalue weighted by atomic mass is 9.98. The number of benzene rings is 3. The van der Waals surface area contributed by atoms with Gasteiger partial charge in [-0.3, -0.25) is 4.58 Å². The molecule has 0 aliphatic heterocycles. The molecule has 3 rings (SSSR count). The molecular weight excluding hydrogens is 387 g/mol. The Kier molecular flexibility index (Phi) is 7.86. The first kappa shape index (κ1) is 21.7. The zero-order valence-corrected chi connectivity index (χ0v) is 17.8. The van der Waals surface area contributed by atoms with E-state index in [9.17, 15) is 0 Å². The summed E-state index contributed by atoms with van der Waals surface area (Å²) in [5.74, 6) is 0. The molecule has 0 saturated carbocycles. The summed E-state index contributed by atoms with van der Waals surface area (Å²) >= 11 is 7.05. The predicted octanol–water partition coefficient (Wildman–Crippen LogP) is 2.76. The van der Waals surface area contributed by atoms with E-state index in [1.54, 1.807) is 0 Å². The van der Waals surface area contributed by atoms with Crippen LogP contribution in [0.4, 0.5) is 5.69 Å². The summed E-state index contributed by atoms with van der Waals surface area (Å²) in [5.41, 5.74) is 5.39. The van der Waals surface area contributed by atoms with E-state index < -0.39 is 0 Å². The van der Waals surface area contributed by atoms with Gasteiger partial charge in [0.1, 0.15) is 5.69 Å². The minimum absolute atomic E-state index is 0. The second kappa shape index (κ2) is 10.1. The number of nitrogens with zero attached hydrogens (tertiary/aromatic N) is 2. The highest BCUT2D eigenvalue weighted by atomic mass is 35.5. The fourth-order valence-corrected chi connectivity index (χ4v) is 3.26. The Labute approximate surface area is 178 Å². The summed E-state index contributed by atoms with van der Waals surface area (Å²) < 4.78 is 2.00. The first-order chi connectivity index (χ1) is 13.1. The third-order valence-electron chi connectivity index (χ3n) is 4.20. The van der Waals surface area contributed by atoms with Crippen LogP contribution in [0.25, 0.3) is 5.57 Å². The van der Waals surface area contributed by atoms with Gasteiger partial charge >= 0.3 is 0 Å². The van der Waals surface area contributed by atoms with E-state index >= 15 is 0 Å². The highest BCUT2D eigenvalue weighted by Crippen LogP contribution is 2.32. The standard InChI is InChI=1S/C24H24ClN2.ClH/c1-19-14-16-22(17-15-19)27(18-26(2)3)24(25)23(20-10-6-4-7-11-20)21-12-8-5-9-13-21;/h4-18H,1-3H3;1H/q+1;/p-1. The topological polar surface area (TPSA) is 6.25 Å². The van der Waals surface area contributed by atoms with Crippen LogP contribution in [0.15, 0.2) is 90.1 Å². The lowest BCUT2D eigenvalue weighted by Gasteiger charge is -2.17. The number of hydrogen-bond donors (Lipinski definition) is 0. The zero-order chi connectivity index (χ0) is 19.2. The highest BCUT2D eigenvalue weighted by molar-refractivity contribution is 6.36. The molecule has 0 bridgehead atoms. The van der Waals surface area contributed by atoms with Gasteiger partial charge in [0.25, 0.3) is 0 Å². The quantitative estimate of drug-likeness (QED) is 0.271. The fraction of sp³-hybridized carbons (Fsp3) is 0.125. The van der Waals surface area contributed by atoms with E-state index in [0.29, 0.717) is 5.16 Å². The second-order valence-electron chi connectivity index (χ2n) is 6.68. The molecule has 0 radical (unpaired) electrons. The van der Waals surface area contributed by atoms with Gasteiger partial charge < -0.3 is 12.4 Å². The van der Waals surface area contributed by atoms with Crippen LogP contribution >= 0.6 is 11.6 Å². The lowest BCUT2D eigenvalue weighted by Crippen LogP contribution is -3.00. The predicted molar refractivity (Wildman–Crippen MR) is 117 cm³/mol. The molecule has 3 aromatic carbocycles. The van der Waals surface area contributed by atoms with E-state index in [1.165, 1.54) is 5.56 Å². The van der Waals surface area contributed by atoms with E-state index in [2.05, 4.69) is 55.5 Å². The van der Waals surface area contributed by atoms with Crippen molar-refractivity contribution in [2.45, 2.75) is 6.92 Å². The Morgan fingerprint density at radius 2 is 1.25 bits per heavy atom. The maximum atomic E-state index is 7.05. The molecule has 0 aromatic heterocycles. The van der Waals surface area contributed by atoms with E-state index in [1.807, 2.05) is 66.3 Å². The average Bonchev–Trinajstić information content (AvgIpc) is 2.68. The van der Waals surface area contributed by atoms with Crippen LogP contribution in [-0.4, -0.2) is 25.0 Å². The lowest BCUT2D eigenvalue weighted by molar-refractivity contribution is -0.460. The van der Waals surface area contributed by atoms with Crippen molar-refractivity contribution in [3.05, 3.63) is 107 Å². The van der Waals surface area contributed by atoms with Crippen molar-refractivity contribution in [2.24, 2.45) is 0 Å². The van der Waals surface area contributed by atoms with Crippen LogP contribution in [0.1, 0.15) is 16.7 Å². The number of hydrogen-bond acceptors (Lipinski definition) is 0. The van der Waals surface area contributed by atoms with Gasteiger partial charge in [0.2, 0.25) is 11.5 Å². The molecule has 0 aliphatic carbocycles. The van der Waals surface area contributed by atoms with Crippen molar-refractivity contribution in [2.75, 3.05) is 19.0 Å². The van der Waals surface area contributed by atoms with Crippen molar-refractivity contribution in [3.63, 3.8) is 0 Å². The van der Waals surface area contributed by atoms with Crippen LogP contribution < -0.4 is 17.3 Å². The molecule has 0 unspecified atom stereocenters. The summed E-state index contributed by atoms with van der Waals surface area (Å²) in [6.45, 7) is 2.08. The molecule has 0 N–H and O–H groups in total. The van der Waals surface area contributed by atoms with Crippen LogP contribution in [-0.2, 0) is 0 Å². The minimum Gasteiger partial charge on any atom is -1.00 e. The summed E-state index contributed by atoms with van der Waals surface area (Å²) in [5, 5.41) is 0.657. The van der Waals surface area contributed by atoms with Crippen molar-refractivity contribution < 1.29 is 17.0 Å². The number of halogens is 2. The molecule has 0 saturated heterocycles. The third-order valence-corrected chi connectivity index (χ3v) is 4.57. The van der Waals surface area contributed by atoms with Gasteiger partial charge in [-0.2, -0.15) is 4.90 Å². The maximum absolute atomic E-state index is 7.05. The van der Waals surface area contributed by atoms with Crippen LogP contribution in [0.2, 0.25) is 0 Å². The van der Waals surface area contributed by atoms with Gasteiger partial charge in [-0.05, 0) is 41.8 Å². The molecule has 4 heteroatoms. The molecule has 2 nitrogen and oxygen atoms in total. The highest BCUT2D eigenvalue weighted by Gasteiger charge is 2.22. The minimum atomic E-state index is 0. The Balaban J connectivity index is 0.00000280. The summed E-state index contributed by atoms with van der Waals surface area (Å²) in [7, 11) is 3.99. The summed E-state index contributed by atoms with van der Waals surface area (Å²) in [6, 6.07) is 28.9. The van der Waals surface area contributed by atoms with E-state index in [4.69, 9.17) is 11.6 Å². The summed E-state index contributed by atoms with van der Waals surface area (Å²) in [6.07, 6.45) is 2.00. The molecule has 3 aromatic rings. The Bertz CT molecular complexity index is 901. The fourth-order valence-electron chi connectivity index (χ4n) is 2.90. The van der Waals surface area contributed by atoms with Crippen LogP contribution in [0, 0.1) is 6.92 Å². The third kappa shape index (κ3) is 5.25. The van der Waals surface area contributed by atoms with E-state index in [0.717, 1.165) is 22.4 Å². The molecule has 0 atom stereocenters. The number of rotatable bonds is 5. The Morgan fingerprint density at radius 3 is 1.68 bits per heavy atom. The SMILES string of the molecule is Cc1ccc(N(C=[N+](C)C)C(Cl)=C(c2ccccc2)c2ccccc2)cc1.[Cl-]. The van der Waals surface area contributed by atoms with Crippen LogP contribution in [0.5, 0.6) is 0 Å². The van der Waals surface area contributed by atoms with Gasteiger partial charge in [-0.15, -0.1) is 0 Å². The molecule has 0 spiro atoms. The zero-order valence-electron chi connectivity index (χ0n) is 16.3. The first-order valence-corrected chi connectivity index (χ1v) is 9.32. The number of aryl methyl sites for hydroxylation is 1. The summed E-state index contributed by atoms with van der Waals surface area (Å²) in [4.78, 5) is 2.02. The second-order valence-corrected chi connectivity index (χ2v) is 7.04. The molecular formula is C24H24Cl2N2. The van der Waals surface area contributed by atoms with Crippen molar-refractivity contribution in [1.29, 1.82) is 0 Å². The Hall–Kier alpha value is -2.55. The first-order valence-electron chi connectivity index (χ1n) is 8.94. The van der Waals surface area contributed by atoms with Gasteiger partial charge in [-0.25, -0.2) is 0 Å².